The summed E-state index contributed by atoms with van der Waals surface area (Å²) in [6, 6.07) is 7.88. The van der Waals surface area contributed by atoms with Crippen molar-refractivity contribution in [3.05, 3.63) is 56.6 Å². The van der Waals surface area contributed by atoms with Gasteiger partial charge in [-0.25, -0.2) is 13.1 Å². The average molecular weight is 382 g/mol. The first-order valence-electron chi connectivity index (χ1n) is 6.03. The normalized spacial score (nSPS) is 11.0. The Bertz CT molecular complexity index is 804. The average Bonchev–Trinajstić information content (AvgIpc) is 2.97. The summed E-state index contributed by atoms with van der Waals surface area (Å²) in [5, 5.41) is 3.15. The Morgan fingerprint density at radius 1 is 1.35 bits per heavy atom. The van der Waals surface area contributed by atoms with Crippen molar-refractivity contribution in [3.63, 3.8) is 0 Å². The SMILES string of the molecule is COc1cc(Cl)ccc1C(=O)NS(=O)(=O)/C=C/c1cccs1.[NaH]. The molecule has 0 aliphatic carbocycles. The van der Waals surface area contributed by atoms with Gasteiger partial charge in [-0.05, 0) is 35.7 Å². The summed E-state index contributed by atoms with van der Waals surface area (Å²) in [6.45, 7) is 0. The molecule has 2 aromatic rings. The van der Waals surface area contributed by atoms with Crippen molar-refractivity contribution in [3.8, 4) is 5.75 Å². The minimum atomic E-state index is -3.90. The molecule has 1 N–H and O–H groups in total. The zero-order valence-corrected chi connectivity index (χ0v) is 13.8. The first kappa shape index (κ1) is 20.2. The van der Waals surface area contributed by atoms with E-state index in [1.807, 2.05) is 10.1 Å². The summed E-state index contributed by atoms with van der Waals surface area (Å²) >= 11 is 7.19. The van der Waals surface area contributed by atoms with Crippen molar-refractivity contribution >= 4 is 74.5 Å². The molecule has 23 heavy (non-hydrogen) atoms. The zero-order chi connectivity index (χ0) is 16.2. The molecular weight excluding hydrogens is 369 g/mol. The van der Waals surface area contributed by atoms with Crippen LogP contribution in [-0.4, -0.2) is 51.0 Å². The number of carbonyl (C=O) groups is 1. The van der Waals surface area contributed by atoms with E-state index < -0.39 is 15.9 Å². The number of amides is 1. The van der Waals surface area contributed by atoms with E-state index in [1.54, 1.807) is 12.1 Å². The van der Waals surface area contributed by atoms with Crippen LogP contribution >= 0.6 is 22.9 Å². The molecule has 2 rings (SSSR count). The predicted molar refractivity (Wildman–Crippen MR) is 94.9 cm³/mol. The Labute approximate surface area is 165 Å². The summed E-state index contributed by atoms with van der Waals surface area (Å²) in [5.74, 6) is -0.591. The fourth-order valence-corrected chi connectivity index (χ4v) is 3.24. The molecule has 1 aromatic carbocycles. The fourth-order valence-electron chi connectivity index (χ4n) is 1.61. The number of hydrogen-bond donors (Lipinski definition) is 1. The molecule has 1 amide bonds. The maximum atomic E-state index is 12.1. The number of carbonyl (C=O) groups excluding carboxylic acids is 1. The number of methoxy groups -OCH3 is 1. The van der Waals surface area contributed by atoms with E-state index in [9.17, 15) is 13.2 Å². The number of halogens is 1. The van der Waals surface area contributed by atoms with Crippen molar-refractivity contribution in [1.82, 2.24) is 4.72 Å². The van der Waals surface area contributed by atoms with Crippen LogP contribution in [0.1, 0.15) is 15.2 Å². The zero-order valence-electron chi connectivity index (χ0n) is 11.4. The van der Waals surface area contributed by atoms with Crippen LogP contribution in [0.2, 0.25) is 5.02 Å². The molecule has 0 fully saturated rings. The van der Waals surface area contributed by atoms with Crippen LogP contribution in [0.5, 0.6) is 5.75 Å². The Hall–Kier alpha value is -0.830. The number of thiophene rings is 1. The van der Waals surface area contributed by atoms with E-state index >= 15 is 0 Å². The van der Waals surface area contributed by atoms with Gasteiger partial charge in [0.25, 0.3) is 15.9 Å². The second kappa shape index (κ2) is 8.86. The third kappa shape index (κ3) is 5.95. The second-order valence-electron chi connectivity index (χ2n) is 4.14. The van der Waals surface area contributed by atoms with Gasteiger partial charge in [0.2, 0.25) is 0 Å². The van der Waals surface area contributed by atoms with Crippen molar-refractivity contribution in [2.75, 3.05) is 7.11 Å². The van der Waals surface area contributed by atoms with Gasteiger partial charge in [-0.3, -0.25) is 4.79 Å². The van der Waals surface area contributed by atoms with Crippen molar-refractivity contribution in [1.29, 1.82) is 0 Å². The Kier molecular flexibility index (Phi) is 7.79. The number of benzene rings is 1. The first-order chi connectivity index (χ1) is 10.4. The number of rotatable bonds is 5. The van der Waals surface area contributed by atoms with Crippen LogP contribution < -0.4 is 9.46 Å². The van der Waals surface area contributed by atoms with E-state index in [4.69, 9.17) is 16.3 Å². The Balaban J connectivity index is 0.00000264. The third-order valence-electron chi connectivity index (χ3n) is 2.60. The van der Waals surface area contributed by atoms with E-state index in [2.05, 4.69) is 0 Å². The third-order valence-corrected chi connectivity index (χ3v) is 4.63. The molecule has 0 aliphatic heterocycles. The summed E-state index contributed by atoms with van der Waals surface area (Å²) < 4.78 is 30.8. The molecule has 1 heterocycles. The van der Waals surface area contributed by atoms with Crippen molar-refractivity contribution < 1.29 is 17.9 Å². The molecule has 0 spiro atoms. The van der Waals surface area contributed by atoms with E-state index in [-0.39, 0.29) is 40.9 Å². The van der Waals surface area contributed by atoms with Gasteiger partial charge >= 0.3 is 29.6 Å². The number of hydrogen-bond acceptors (Lipinski definition) is 5. The Morgan fingerprint density at radius 2 is 2.09 bits per heavy atom. The van der Waals surface area contributed by atoms with Gasteiger partial charge in [-0.1, -0.05) is 17.7 Å². The molecule has 0 radical (unpaired) electrons. The molecule has 0 bridgehead atoms. The van der Waals surface area contributed by atoms with Gasteiger partial charge in [-0.2, -0.15) is 0 Å². The van der Waals surface area contributed by atoms with Gasteiger partial charge < -0.3 is 4.74 Å². The monoisotopic (exact) mass is 381 g/mol. The maximum absolute atomic E-state index is 12.1. The molecular formula is C14H13ClNNaO4S2. The van der Waals surface area contributed by atoms with Gasteiger partial charge in [0.15, 0.2) is 0 Å². The molecule has 0 unspecified atom stereocenters. The fraction of sp³-hybridized carbons (Fsp3) is 0.0714. The minimum absolute atomic E-state index is 0. The Morgan fingerprint density at radius 3 is 2.70 bits per heavy atom. The molecule has 118 valence electrons. The predicted octanol–water partition coefficient (Wildman–Crippen LogP) is 2.49. The standard InChI is InChI=1S/C14H12ClNO4S2.Na.H/c1-20-13-9-10(15)4-5-12(13)14(17)16-22(18,19)8-6-11-3-2-7-21-11;;/h2-9H,1H3,(H,16,17);;/b8-6+;;. The first-order valence-corrected chi connectivity index (χ1v) is 8.84. The second-order valence-corrected chi connectivity index (χ2v) is 7.12. The van der Waals surface area contributed by atoms with E-state index in [0.29, 0.717) is 5.02 Å². The van der Waals surface area contributed by atoms with Gasteiger partial charge in [0.1, 0.15) is 5.75 Å². The van der Waals surface area contributed by atoms with E-state index in [1.165, 1.54) is 42.7 Å². The summed E-state index contributed by atoms with van der Waals surface area (Å²) in [5.41, 5.74) is 0.0833. The number of sulfonamides is 1. The van der Waals surface area contributed by atoms with Crippen LogP contribution in [0, 0.1) is 0 Å². The van der Waals surface area contributed by atoms with Gasteiger partial charge in [0.05, 0.1) is 18.1 Å². The van der Waals surface area contributed by atoms with Crippen LogP contribution in [0.4, 0.5) is 0 Å². The van der Waals surface area contributed by atoms with Crippen molar-refractivity contribution in [2.24, 2.45) is 0 Å². The molecule has 1 aromatic heterocycles. The van der Waals surface area contributed by atoms with Gasteiger partial charge in [0, 0.05) is 9.90 Å². The number of ether oxygens (including phenoxy) is 1. The number of nitrogens with one attached hydrogen (secondary N) is 1. The molecule has 0 aliphatic rings. The molecule has 0 saturated carbocycles. The van der Waals surface area contributed by atoms with Crippen LogP contribution in [0.25, 0.3) is 6.08 Å². The molecule has 0 saturated heterocycles. The summed E-state index contributed by atoms with van der Waals surface area (Å²) in [6.07, 6.45) is 1.42. The molecule has 0 atom stereocenters. The topological polar surface area (TPSA) is 72.5 Å². The summed E-state index contributed by atoms with van der Waals surface area (Å²) in [4.78, 5) is 12.8. The molecule has 9 heteroatoms. The van der Waals surface area contributed by atoms with Crippen LogP contribution in [0.15, 0.2) is 41.1 Å². The van der Waals surface area contributed by atoms with Crippen LogP contribution in [0.3, 0.4) is 0 Å². The quantitative estimate of drug-likeness (QED) is 0.808. The van der Waals surface area contributed by atoms with E-state index in [0.717, 1.165) is 10.3 Å². The van der Waals surface area contributed by atoms with Gasteiger partial charge in [-0.15, -0.1) is 11.3 Å². The summed E-state index contributed by atoms with van der Waals surface area (Å²) in [7, 11) is -2.53. The molecule has 5 nitrogen and oxygen atoms in total. The van der Waals surface area contributed by atoms with Crippen LogP contribution in [-0.2, 0) is 10.0 Å². The van der Waals surface area contributed by atoms with Crippen molar-refractivity contribution in [2.45, 2.75) is 0 Å².